The van der Waals surface area contributed by atoms with E-state index in [1.54, 1.807) is 0 Å². The van der Waals surface area contributed by atoms with Crippen LogP contribution >= 0.6 is 15.9 Å². The molecule has 4 aliphatic rings. The van der Waals surface area contributed by atoms with Crippen molar-refractivity contribution in [3.63, 3.8) is 0 Å². The van der Waals surface area contributed by atoms with E-state index in [2.05, 4.69) is 27.8 Å². The fourth-order valence-electron chi connectivity index (χ4n) is 5.12. The van der Waals surface area contributed by atoms with Gasteiger partial charge in [-0.05, 0) is 60.8 Å². The van der Waals surface area contributed by atoms with E-state index in [1.807, 2.05) is 0 Å². The molecule has 116 valence electrons. The lowest BCUT2D eigenvalue weighted by molar-refractivity contribution is -0.151. The first-order valence-electron chi connectivity index (χ1n) is 7.75. The molecule has 0 unspecified atom stereocenters. The van der Waals surface area contributed by atoms with Crippen molar-refractivity contribution >= 4 is 27.8 Å². The smallest absolute Gasteiger partial charge is 0.326 e. The predicted octanol–water partition coefficient (Wildman–Crippen LogP) is 3.07. The van der Waals surface area contributed by atoms with Crippen molar-refractivity contribution in [3.05, 3.63) is 11.1 Å². The number of amides is 1. The van der Waals surface area contributed by atoms with E-state index < -0.39 is 12.0 Å². The minimum atomic E-state index is -0.992. The molecule has 5 heteroatoms. The van der Waals surface area contributed by atoms with Gasteiger partial charge in [-0.15, -0.1) is 0 Å². The topological polar surface area (TPSA) is 66.4 Å². The van der Waals surface area contributed by atoms with Gasteiger partial charge in [-0.1, -0.05) is 22.5 Å². The highest BCUT2D eigenvalue weighted by Crippen LogP contribution is 2.60. The Kier molecular flexibility index (Phi) is 3.89. The van der Waals surface area contributed by atoms with Gasteiger partial charge in [0.05, 0.1) is 0 Å². The van der Waals surface area contributed by atoms with Crippen LogP contribution in [0.5, 0.6) is 0 Å². The molecule has 4 aliphatic carbocycles. The quantitative estimate of drug-likeness (QED) is 0.796. The molecule has 4 saturated carbocycles. The Morgan fingerprint density at radius 2 is 1.67 bits per heavy atom. The Morgan fingerprint density at radius 1 is 1.19 bits per heavy atom. The summed E-state index contributed by atoms with van der Waals surface area (Å²) in [5.41, 5.74) is -0.296. The van der Waals surface area contributed by atoms with Gasteiger partial charge >= 0.3 is 5.97 Å². The molecule has 0 aromatic carbocycles. The molecule has 0 aromatic heterocycles. The molecule has 0 heterocycles. The van der Waals surface area contributed by atoms with Crippen LogP contribution in [0, 0.1) is 23.2 Å². The average molecular weight is 356 g/mol. The summed E-state index contributed by atoms with van der Waals surface area (Å²) in [5, 5.41) is 12.1. The third kappa shape index (κ3) is 2.89. The third-order valence-electron chi connectivity index (χ3n) is 5.55. The summed E-state index contributed by atoms with van der Waals surface area (Å²) in [7, 11) is 0. The molecule has 1 amide bonds. The van der Waals surface area contributed by atoms with E-state index in [4.69, 9.17) is 0 Å². The summed E-state index contributed by atoms with van der Waals surface area (Å²) in [6.45, 7) is 3.68. The van der Waals surface area contributed by atoms with E-state index in [9.17, 15) is 14.7 Å². The van der Waals surface area contributed by atoms with Gasteiger partial charge in [-0.3, -0.25) is 4.79 Å². The normalized spacial score (nSPS) is 38.0. The summed E-state index contributed by atoms with van der Waals surface area (Å²) < 4.78 is 0.598. The fourth-order valence-corrected chi connectivity index (χ4v) is 5.45. The molecule has 4 rings (SSSR count). The van der Waals surface area contributed by atoms with Crippen LogP contribution in [0.1, 0.15) is 44.9 Å². The number of nitrogens with one attached hydrogen (secondary N) is 1. The first-order valence-corrected chi connectivity index (χ1v) is 8.54. The molecule has 0 radical (unpaired) electrons. The number of rotatable bonds is 5. The molecular weight excluding hydrogens is 334 g/mol. The highest BCUT2D eigenvalue weighted by Gasteiger charge is 2.54. The highest BCUT2D eigenvalue weighted by atomic mass is 79.9. The van der Waals surface area contributed by atoms with E-state index in [-0.39, 0.29) is 17.7 Å². The van der Waals surface area contributed by atoms with Crippen LogP contribution in [0.2, 0.25) is 0 Å². The number of carbonyl (C=O) groups excluding carboxylic acids is 1. The molecule has 1 atom stereocenters. The zero-order chi connectivity index (χ0) is 15.2. The lowest BCUT2D eigenvalue weighted by Crippen LogP contribution is -2.56. The zero-order valence-corrected chi connectivity index (χ0v) is 13.7. The number of halogens is 1. The standard InChI is InChI=1S/C16H22BrNO3/c1-9(17)2-13(14(19)20)18-15(21)16-6-10-3-11(7-16)5-12(4-10)8-16/h10-13H,1-8H2,(H,18,21)(H,19,20)/t10?,11?,12?,13-,16?/m0/s1. The van der Waals surface area contributed by atoms with Gasteiger partial charge in [0.15, 0.2) is 0 Å². The monoisotopic (exact) mass is 355 g/mol. The van der Waals surface area contributed by atoms with Gasteiger partial charge in [0, 0.05) is 11.8 Å². The second-order valence-electron chi connectivity index (χ2n) is 7.28. The van der Waals surface area contributed by atoms with Crippen molar-refractivity contribution in [2.24, 2.45) is 23.2 Å². The number of carboxylic acid groups (broad SMARTS) is 1. The minimum absolute atomic E-state index is 0.0391. The Bertz CT molecular complexity index is 453. The second-order valence-corrected chi connectivity index (χ2v) is 8.41. The van der Waals surface area contributed by atoms with Crippen molar-refractivity contribution in [2.75, 3.05) is 0 Å². The maximum atomic E-state index is 12.8. The number of carboxylic acids is 1. The Hall–Kier alpha value is -0.840. The Labute approximate surface area is 133 Å². The van der Waals surface area contributed by atoms with Crippen molar-refractivity contribution in [2.45, 2.75) is 51.0 Å². The maximum absolute atomic E-state index is 12.8. The lowest BCUT2D eigenvalue weighted by atomic mass is 9.49. The molecule has 0 aromatic rings. The summed E-state index contributed by atoms with van der Waals surface area (Å²) in [4.78, 5) is 24.1. The van der Waals surface area contributed by atoms with Gasteiger partial charge in [0.2, 0.25) is 5.91 Å². The first-order chi connectivity index (χ1) is 9.88. The fraction of sp³-hybridized carbons (Fsp3) is 0.750. The van der Waals surface area contributed by atoms with Crippen LogP contribution in [0.15, 0.2) is 11.1 Å². The van der Waals surface area contributed by atoms with Gasteiger partial charge < -0.3 is 10.4 Å². The summed E-state index contributed by atoms with van der Waals surface area (Å²) in [5.74, 6) is 1.00. The summed E-state index contributed by atoms with van der Waals surface area (Å²) in [6.07, 6.45) is 6.89. The largest absolute Gasteiger partial charge is 0.480 e. The molecule has 0 aliphatic heterocycles. The van der Waals surface area contributed by atoms with Crippen LogP contribution in [0.3, 0.4) is 0 Å². The van der Waals surface area contributed by atoms with Gasteiger partial charge in [0.1, 0.15) is 6.04 Å². The maximum Gasteiger partial charge on any atom is 0.326 e. The van der Waals surface area contributed by atoms with Gasteiger partial charge in [-0.25, -0.2) is 4.79 Å². The van der Waals surface area contributed by atoms with Crippen LogP contribution in [0.4, 0.5) is 0 Å². The molecule has 0 spiro atoms. The number of hydrogen-bond donors (Lipinski definition) is 2. The molecule has 0 saturated heterocycles. The summed E-state index contributed by atoms with van der Waals surface area (Å²) >= 11 is 3.19. The summed E-state index contributed by atoms with van der Waals surface area (Å²) in [6, 6.07) is -0.877. The van der Waals surface area contributed by atoms with Gasteiger partial charge in [0.25, 0.3) is 0 Å². The SMILES string of the molecule is C=C(Br)C[C@H](NC(=O)C12CC3CC(CC(C3)C1)C2)C(=O)O. The van der Waals surface area contributed by atoms with Crippen molar-refractivity contribution < 1.29 is 14.7 Å². The van der Waals surface area contributed by atoms with E-state index in [0.717, 1.165) is 19.3 Å². The number of carbonyl (C=O) groups is 2. The van der Waals surface area contributed by atoms with Crippen molar-refractivity contribution in [1.29, 1.82) is 0 Å². The zero-order valence-electron chi connectivity index (χ0n) is 12.1. The Morgan fingerprint density at radius 3 is 2.05 bits per heavy atom. The van der Waals surface area contributed by atoms with Crippen molar-refractivity contribution in [3.8, 4) is 0 Å². The second kappa shape index (κ2) is 5.41. The van der Waals surface area contributed by atoms with Crippen LogP contribution < -0.4 is 5.32 Å². The average Bonchev–Trinajstić information content (AvgIpc) is 2.35. The molecule has 4 bridgehead atoms. The highest BCUT2D eigenvalue weighted by molar-refractivity contribution is 9.11. The molecule has 4 fully saturated rings. The predicted molar refractivity (Wildman–Crippen MR) is 82.9 cm³/mol. The van der Waals surface area contributed by atoms with Crippen LogP contribution in [-0.2, 0) is 9.59 Å². The Balaban J connectivity index is 1.72. The minimum Gasteiger partial charge on any atom is -0.480 e. The van der Waals surface area contributed by atoms with Crippen LogP contribution in [-0.4, -0.2) is 23.0 Å². The molecule has 4 nitrogen and oxygen atoms in total. The third-order valence-corrected chi connectivity index (χ3v) is 5.87. The molecule has 21 heavy (non-hydrogen) atoms. The lowest BCUT2D eigenvalue weighted by Gasteiger charge is -2.55. The van der Waals surface area contributed by atoms with Crippen LogP contribution in [0.25, 0.3) is 0 Å². The number of aliphatic carboxylic acids is 1. The first kappa shape index (κ1) is 15.1. The van der Waals surface area contributed by atoms with E-state index >= 15 is 0 Å². The number of hydrogen-bond acceptors (Lipinski definition) is 2. The molecular formula is C16H22BrNO3. The molecule has 2 N–H and O–H groups in total. The van der Waals surface area contributed by atoms with Crippen molar-refractivity contribution in [1.82, 2.24) is 5.32 Å². The van der Waals surface area contributed by atoms with E-state index in [0.29, 0.717) is 22.2 Å². The van der Waals surface area contributed by atoms with E-state index in [1.165, 1.54) is 19.3 Å². The van der Waals surface area contributed by atoms with Gasteiger partial charge in [-0.2, -0.15) is 0 Å².